The highest BCUT2D eigenvalue weighted by molar-refractivity contribution is 5.88. The topological polar surface area (TPSA) is 65.4 Å². The van der Waals surface area contributed by atoms with E-state index in [0.29, 0.717) is 23.0 Å². The van der Waals surface area contributed by atoms with E-state index in [2.05, 4.69) is 4.98 Å². The Kier molecular flexibility index (Phi) is 6.61. The van der Waals surface area contributed by atoms with Gasteiger partial charge in [0.05, 0.1) is 40.5 Å². The number of hydrogen-bond donors (Lipinski definition) is 0. The average molecular weight is 409 g/mol. The lowest BCUT2D eigenvalue weighted by Gasteiger charge is -2.18. The van der Waals surface area contributed by atoms with E-state index in [1.807, 2.05) is 55.4 Å². The molecule has 3 rings (SSSR count). The SMILES string of the molecule is COc1ccc(C(N=CN(C)C)c2nccc3cc(OC)c(OC)cc23)cc1OC. The quantitative estimate of drug-likeness (QED) is 0.415. The predicted octanol–water partition coefficient (Wildman–Crippen LogP) is 3.95. The van der Waals surface area contributed by atoms with Crippen molar-refractivity contribution in [2.45, 2.75) is 6.04 Å². The van der Waals surface area contributed by atoms with Crippen molar-refractivity contribution in [2.75, 3.05) is 42.5 Å². The first-order valence-corrected chi connectivity index (χ1v) is 9.44. The molecular formula is C23H27N3O4. The lowest BCUT2D eigenvalue weighted by atomic mass is 9.98. The van der Waals surface area contributed by atoms with Crippen LogP contribution in [0.1, 0.15) is 17.3 Å². The highest BCUT2D eigenvalue weighted by atomic mass is 16.5. The van der Waals surface area contributed by atoms with Crippen molar-refractivity contribution in [3.05, 3.63) is 53.9 Å². The third-order valence-corrected chi connectivity index (χ3v) is 4.73. The van der Waals surface area contributed by atoms with Crippen LogP contribution < -0.4 is 18.9 Å². The van der Waals surface area contributed by atoms with Crippen LogP contribution in [-0.2, 0) is 0 Å². The van der Waals surface area contributed by atoms with Crippen LogP contribution in [-0.4, -0.2) is 58.8 Å². The number of hydrogen-bond acceptors (Lipinski definition) is 6. The Morgan fingerprint density at radius 1 is 0.833 bits per heavy atom. The minimum atomic E-state index is -0.353. The van der Waals surface area contributed by atoms with Crippen LogP contribution in [0.15, 0.2) is 47.6 Å². The van der Waals surface area contributed by atoms with Crippen LogP contribution in [0.2, 0.25) is 0 Å². The Morgan fingerprint density at radius 3 is 2.10 bits per heavy atom. The second kappa shape index (κ2) is 9.35. The van der Waals surface area contributed by atoms with Gasteiger partial charge in [0, 0.05) is 25.7 Å². The van der Waals surface area contributed by atoms with E-state index in [1.165, 1.54) is 0 Å². The number of pyridine rings is 1. The van der Waals surface area contributed by atoms with Gasteiger partial charge in [0.25, 0.3) is 0 Å². The van der Waals surface area contributed by atoms with Crippen LogP contribution in [0.25, 0.3) is 10.8 Å². The number of methoxy groups -OCH3 is 4. The fraction of sp³-hybridized carbons (Fsp3) is 0.304. The monoisotopic (exact) mass is 409 g/mol. The summed E-state index contributed by atoms with van der Waals surface area (Å²) in [5, 5.41) is 1.93. The molecule has 0 radical (unpaired) electrons. The van der Waals surface area contributed by atoms with Crippen molar-refractivity contribution in [1.29, 1.82) is 0 Å². The van der Waals surface area contributed by atoms with Crippen molar-refractivity contribution in [2.24, 2.45) is 4.99 Å². The van der Waals surface area contributed by atoms with Gasteiger partial charge in [-0.1, -0.05) is 6.07 Å². The summed E-state index contributed by atoms with van der Waals surface area (Å²) in [7, 11) is 10.3. The molecule has 158 valence electrons. The molecule has 0 aliphatic heterocycles. The molecule has 0 bridgehead atoms. The van der Waals surface area contributed by atoms with Gasteiger partial charge in [-0.15, -0.1) is 0 Å². The van der Waals surface area contributed by atoms with E-state index in [-0.39, 0.29) is 6.04 Å². The molecule has 30 heavy (non-hydrogen) atoms. The summed E-state index contributed by atoms with van der Waals surface area (Å²) in [6.45, 7) is 0. The predicted molar refractivity (Wildman–Crippen MR) is 118 cm³/mol. The fourth-order valence-corrected chi connectivity index (χ4v) is 3.28. The number of fused-ring (bicyclic) bond motifs is 1. The molecular weight excluding hydrogens is 382 g/mol. The zero-order valence-corrected chi connectivity index (χ0v) is 18.2. The Hall–Kier alpha value is -3.48. The third-order valence-electron chi connectivity index (χ3n) is 4.73. The van der Waals surface area contributed by atoms with Gasteiger partial charge in [-0.05, 0) is 41.3 Å². The number of benzene rings is 2. The summed E-state index contributed by atoms with van der Waals surface area (Å²) in [5.41, 5.74) is 1.74. The lowest BCUT2D eigenvalue weighted by Crippen LogP contribution is -2.11. The van der Waals surface area contributed by atoms with E-state index in [1.54, 1.807) is 41.0 Å². The lowest BCUT2D eigenvalue weighted by molar-refractivity contribution is 0.354. The molecule has 0 aliphatic carbocycles. The van der Waals surface area contributed by atoms with Gasteiger partial charge in [0.2, 0.25) is 0 Å². The number of rotatable bonds is 8. The second-order valence-corrected chi connectivity index (χ2v) is 6.87. The smallest absolute Gasteiger partial charge is 0.161 e. The maximum Gasteiger partial charge on any atom is 0.161 e. The largest absolute Gasteiger partial charge is 0.493 e. The Morgan fingerprint density at radius 2 is 1.47 bits per heavy atom. The van der Waals surface area contributed by atoms with Crippen LogP contribution in [0.3, 0.4) is 0 Å². The highest BCUT2D eigenvalue weighted by Crippen LogP contribution is 2.38. The Bertz CT molecular complexity index is 1050. The number of aromatic nitrogens is 1. The second-order valence-electron chi connectivity index (χ2n) is 6.87. The zero-order valence-electron chi connectivity index (χ0n) is 18.2. The van der Waals surface area contributed by atoms with Gasteiger partial charge < -0.3 is 23.8 Å². The van der Waals surface area contributed by atoms with E-state index in [4.69, 9.17) is 23.9 Å². The Labute approximate surface area is 176 Å². The third kappa shape index (κ3) is 4.25. The van der Waals surface area contributed by atoms with Gasteiger partial charge >= 0.3 is 0 Å². The Balaban J connectivity index is 2.23. The molecule has 0 spiro atoms. The number of ether oxygens (including phenoxy) is 4. The molecule has 7 nitrogen and oxygen atoms in total. The molecule has 0 N–H and O–H groups in total. The average Bonchev–Trinajstić information content (AvgIpc) is 2.77. The van der Waals surface area contributed by atoms with Crippen molar-refractivity contribution in [1.82, 2.24) is 9.88 Å². The van der Waals surface area contributed by atoms with Crippen LogP contribution in [0.4, 0.5) is 0 Å². The molecule has 1 aromatic heterocycles. The molecule has 0 saturated carbocycles. The maximum absolute atomic E-state index is 5.51. The molecule has 1 heterocycles. The summed E-state index contributed by atoms with van der Waals surface area (Å²) >= 11 is 0. The normalized spacial score (nSPS) is 12.1. The highest BCUT2D eigenvalue weighted by Gasteiger charge is 2.20. The molecule has 0 aliphatic rings. The first kappa shape index (κ1) is 21.2. The van der Waals surface area contributed by atoms with Crippen molar-refractivity contribution in [3.8, 4) is 23.0 Å². The van der Waals surface area contributed by atoms with E-state index in [9.17, 15) is 0 Å². The molecule has 7 heteroatoms. The van der Waals surface area contributed by atoms with E-state index >= 15 is 0 Å². The summed E-state index contributed by atoms with van der Waals surface area (Å²) in [5.74, 6) is 2.61. The first-order valence-electron chi connectivity index (χ1n) is 9.44. The molecule has 0 fully saturated rings. The molecule has 0 saturated heterocycles. The van der Waals surface area contributed by atoms with E-state index in [0.717, 1.165) is 22.0 Å². The van der Waals surface area contributed by atoms with Crippen LogP contribution in [0.5, 0.6) is 23.0 Å². The summed E-state index contributed by atoms with van der Waals surface area (Å²) in [4.78, 5) is 11.4. The van der Waals surface area contributed by atoms with Crippen molar-refractivity contribution >= 4 is 17.1 Å². The molecule has 0 amide bonds. The molecule has 1 atom stereocenters. The first-order chi connectivity index (χ1) is 14.5. The van der Waals surface area contributed by atoms with Crippen molar-refractivity contribution < 1.29 is 18.9 Å². The van der Waals surface area contributed by atoms with Gasteiger partial charge in [0.1, 0.15) is 6.04 Å². The van der Waals surface area contributed by atoms with Gasteiger partial charge in [-0.2, -0.15) is 0 Å². The molecule has 1 unspecified atom stereocenters. The molecule has 2 aromatic carbocycles. The van der Waals surface area contributed by atoms with Gasteiger partial charge in [-0.25, -0.2) is 0 Å². The zero-order chi connectivity index (χ0) is 21.7. The summed E-state index contributed by atoms with van der Waals surface area (Å²) in [6.07, 6.45) is 3.56. The van der Waals surface area contributed by atoms with Crippen LogP contribution in [0, 0.1) is 0 Å². The maximum atomic E-state index is 5.51. The number of nitrogens with zero attached hydrogens (tertiary/aromatic N) is 3. The standard InChI is InChI=1S/C23H27N3O4/c1-26(2)14-25-22(16-7-8-18(27-3)19(12-16)28-4)23-17-13-21(30-6)20(29-5)11-15(17)9-10-24-23/h7-14,22H,1-6H3. The summed E-state index contributed by atoms with van der Waals surface area (Å²) < 4.78 is 21.8. The van der Waals surface area contributed by atoms with Crippen LogP contribution >= 0.6 is 0 Å². The minimum Gasteiger partial charge on any atom is -0.493 e. The van der Waals surface area contributed by atoms with Gasteiger partial charge in [0.15, 0.2) is 23.0 Å². The van der Waals surface area contributed by atoms with Gasteiger partial charge in [-0.3, -0.25) is 9.98 Å². The number of aliphatic imine (C=N–C) groups is 1. The fourth-order valence-electron chi connectivity index (χ4n) is 3.28. The minimum absolute atomic E-state index is 0.353. The molecule has 3 aromatic rings. The van der Waals surface area contributed by atoms with Crippen molar-refractivity contribution in [3.63, 3.8) is 0 Å². The summed E-state index contributed by atoms with van der Waals surface area (Å²) in [6, 6.07) is 11.3. The van der Waals surface area contributed by atoms with E-state index < -0.39 is 0 Å².